The minimum Gasteiger partial charge on any atom is -0.365 e. The lowest BCUT2D eigenvalue weighted by Crippen LogP contribution is -2.53. The molecule has 0 spiro atoms. The van der Waals surface area contributed by atoms with Crippen LogP contribution < -0.4 is 4.90 Å². The lowest BCUT2D eigenvalue weighted by atomic mass is 10.1. The molecule has 0 N–H and O–H groups in total. The van der Waals surface area contributed by atoms with Gasteiger partial charge in [-0.1, -0.05) is 30.3 Å². The van der Waals surface area contributed by atoms with Crippen molar-refractivity contribution >= 4 is 11.6 Å². The van der Waals surface area contributed by atoms with Crippen LogP contribution in [0.4, 0.5) is 5.69 Å². The van der Waals surface area contributed by atoms with Gasteiger partial charge in [0, 0.05) is 37.1 Å². The number of amides is 1. The van der Waals surface area contributed by atoms with E-state index in [1.165, 1.54) is 11.3 Å². The van der Waals surface area contributed by atoms with Gasteiger partial charge in [-0.3, -0.25) is 4.79 Å². The quantitative estimate of drug-likeness (QED) is 0.699. The van der Waals surface area contributed by atoms with E-state index >= 15 is 0 Å². The summed E-state index contributed by atoms with van der Waals surface area (Å²) in [4.78, 5) is 17.4. The number of para-hydroxylation sites is 1. The number of aryl methyl sites for hydroxylation is 2. The molecule has 2 heterocycles. The van der Waals surface area contributed by atoms with Crippen LogP contribution in [0.5, 0.6) is 0 Å². The summed E-state index contributed by atoms with van der Waals surface area (Å²) in [6.45, 7) is 8.50. The number of carbonyl (C=O) groups excluding carboxylic acids is 1. The van der Waals surface area contributed by atoms with Gasteiger partial charge in [-0.15, -0.1) is 0 Å². The first-order valence-electron chi connectivity index (χ1n) is 9.77. The molecule has 2 aromatic carbocycles. The number of benzene rings is 2. The highest BCUT2D eigenvalue weighted by molar-refractivity contribution is 5.92. The van der Waals surface area contributed by atoms with Crippen LogP contribution in [-0.2, 0) is 0 Å². The van der Waals surface area contributed by atoms with Gasteiger partial charge < -0.3 is 9.80 Å². The van der Waals surface area contributed by atoms with Crippen molar-refractivity contribution in [1.29, 1.82) is 0 Å². The van der Waals surface area contributed by atoms with Crippen LogP contribution in [0.1, 0.15) is 28.7 Å². The first-order chi connectivity index (χ1) is 13.5. The topological polar surface area (TPSA) is 41.4 Å². The Hall–Kier alpha value is -3.08. The molecule has 0 saturated carbocycles. The second-order valence-electron chi connectivity index (χ2n) is 7.55. The molecule has 1 unspecified atom stereocenters. The zero-order chi connectivity index (χ0) is 19.7. The van der Waals surface area contributed by atoms with Crippen molar-refractivity contribution in [3.63, 3.8) is 0 Å². The maximum Gasteiger partial charge on any atom is 0.274 e. The molecule has 0 aliphatic carbocycles. The van der Waals surface area contributed by atoms with Crippen molar-refractivity contribution in [3.8, 4) is 5.69 Å². The fourth-order valence-corrected chi connectivity index (χ4v) is 3.90. The zero-order valence-corrected chi connectivity index (χ0v) is 16.7. The van der Waals surface area contributed by atoms with Gasteiger partial charge in [0.25, 0.3) is 5.91 Å². The molecule has 0 radical (unpaired) electrons. The van der Waals surface area contributed by atoms with Crippen LogP contribution in [-0.4, -0.2) is 46.3 Å². The molecule has 5 nitrogen and oxygen atoms in total. The van der Waals surface area contributed by atoms with Crippen LogP contribution >= 0.6 is 0 Å². The van der Waals surface area contributed by atoms with Crippen LogP contribution in [0.2, 0.25) is 0 Å². The summed E-state index contributed by atoms with van der Waals surface area (Å²) in [5.41, 5.74) is 4.92. The summed E-state index contributed by atoms with van der Waals surface area (Å²) in [6, 6.07) is 20.6. The van der Waals surface area contributed by atoms with Gasteiger partial charge in [0.1, 0.15) is 0 Å². The van der Waals surface area contributed by atoms with E-state index in [9.17, 15) is 4.79 Å². The Balaban J connectivity index is 1.50. The van der Waals surface area contributed by atoms with E-state index in [-0.39, 0.29) is 11.9 Å². The third kappa shape index (κ3) is 3.52. The Morgan fingerprint density at radius 1 is 0.964 bits per heavy atom. The molecule has 0 bridgehead atoms. The molecule has 5 heteroatoms. The molecule has 1 aliphatic heterocycles. The summed E-state index contributed by atoms with van der Waals surface area (Å²) in [5.74, 6) is 0.00789. The van der Waals surface area contributed by atoms with Crippen LogP contribution in [0.25, 0.3) is 5.69 Å². The number of aromatic nitrogens is 2. The maximum absolute atomic E-state index is 13.1. The van der Waals surface area contributed by atoms with Crippen molar-refractivity contribution in [2.75, 3.05) is 24.5 Å². The SMILES string of the molecule is Cc1cccc(N2CCN(C(=O)c3cc(C)n(-c4ccccc4)n3)CC2C)c1. The Labute approximate surface area is 166 Å². The van der Waals surface area contributed by atoms with Gasteiger partial charge in [-0.05, 0) is 56.7 Å². The van der Waals surface area contributed by atoms with Crippen LogP contribution in [0.3, 0.4) is 0 Å². The Kier molecular flexibility index (Phi) is 4.90. The van der Waals surface area contributed by atoms with E-state index in [1.807, 2.05) is 52.9 Å². The number of hydrogen-bond acceptors (Lipinski definition) is 3. The lowest BCUT2D eigenvalue weighted by Gasteiger charge is -2.41. The highest BCUT2D eigenvalue weighted by Crippen LogP contribution is 2.23. The number of hydrogen-bond donors (Lipinski definition) is 0. The summed E-state index contributed by atoms with van der Waals surface area (Å²) >= 11 is 0. The second-order valence-corrected chi connectivity index (χ2v) is 7.55. The van der Waals surface area contributed by atoms with Gasteiger partial charge in [-0.2, -0.15) is 5.10 Å². The first kappa shape index (κ1) is 18.3. The van der Waals surface area contributed by atoms with Gasteiger partial charge in [0.15, 0.2) is 5.69 Å². The number of anilines is 1. The Morgan fingerprint density at radius 3 is 2.43 bits per heavy atom. The van der Waals surface area contributed by atoms with E-state index in [0.29, 0.717) is 18.8 Å². The Bertz CT molecular complexity index is 979. The maximum atomic E-state index is 13.1. The Morgan fingerprint density at radius 2 is 1.71 bits per heavy atom. The third-order valence-electron chi connectivity index (χ3n) is 5.36. The third-order valence-corrected chi connectivity index (χ3v) is 5.36. The highest BCUT2D eigenvalue weighted by atomic mass is 16.2. The van der Waals surface area contributed by atoms with Crippen LogP contribution in [0.15, 0.2) is 60.7 Å². The van der Waals surface area contributed by atoms with E-state index in [2.05, 4.69) is 48.1 Å². The molecule has 144 valence electrons. The molecule has 3 aromatic rings. The molecule has 4 rings (SSSR count). The number of piperazine rings is 1. The minimum absolute atomic E-state index is 0.00789. The average molecular weight is 374 g/mol. The molecule has 1 fully saturated rings. The van der Waals surface area contributed by atoms with E-state index < -0.39 is 0 Å². The smallest absolute Gasteiger partial charge is 0.274 e. The van der Waals surface area contributed by atoms with Crippen LogP contribution in [0, 0.1) is 13.8 Å². The van der Waals surface area contributed by atoms with Gasteiger partial charge in [0.2, 0.25) is 0 Å². The largest absolute Gasteiger partial charge is 0.365 e. The van der Waals surface area contributed by atoms with Gasteiger partial charge >= 0.3 is 0 Å². The van der Waals surface area contributed by atoms with Crippen molar-refractivity contribution in [3.05, 3.63) is 77.6 Å². The molecular formula is C23H26N4O. The standard InChI is InChI=1S/C23H26N4O/c1-17-8-7-11-21(14-17)26-13-12-25(16-19(26)3)23(28)22-15-18(2)27(24-22)20-9-5-4-6-10-20/h4-11,14-15,19H,12-13,16H2,1-3H3. The fourth-order valence-electron chi connectivity index (χ4n) is 3.90. The molecule has 28 heavy (non-hydrogen) atoms. The van der Waals surface area contributed by atoms with E-state index in [4.69, 9.17) is 0 Å². The number of nitrogens with zero attached hydrogens (tertiary/aromatic N) is 4. The number of carbonyl (C=O) groups is 1. The van der Waals surface area contributed by atoms with E-state index in [1.54, 1.807) is 0 Å². The van der Waals surface area contributed by atoms with E-state index in [0.717, 1.165) is 17.9 Å². The summed E-state index contributed by atoms with van der Waals surface area (Å²) in [6.07, 6.45) is 0. The predicted octanol–water partition coefficient (Wildman–Crippen LogP) is 3.84. The van der Waals surface area contributed by atoms with Crippen molar-refractivity contribution in [2.24, 2.45) is 0 Å². The monoisotopic (exact) mass is 374 g/mol. The average Bonchev–Trinajstić information content (AvgIpc) is 3.09. The van der Waals surface area contributed by atoms with Crippen molar-refractivity contribution < 1.29 is 4.79 Å². The van der Waals surface area contributed by atoms with Gasteiger partial charge in [0.05, 0.1) is 5.69 Å². The summed E-state index contributed by atoms with van der Waals surface area (Å²) < 4.78 is 1.83. The number of rotatable bonds is 3. The lowest BCUT2D eigenvalue weighted by molar-refractivity contribution is 0.0720. The zero-order valence-electron chi connectivity index (χ0n) is 16.7. The molecule has 1 saturated heterocycles. The molecule has 1 atom stereocenters. The highest BCUT2D eigenvalue weighted by Gasteiger charge is 2.29. The normalized spacial score (nSPS) is 17.0. The molecule has 1 aromatic heterocycles. The predicted molar refractivity (Wildman–Crippen MR) is 112 cm³/mol. The fraction of sp³-hybridized carbons (Fsp3) is 0.304. The molecule has 1 amide bonds. The summed E-state index contributed by atoms with van der Waals surface area (Å²) in [5, 5.41) is 4.58. The molecular weight excluding hydrogens is 348 g/mol. The van der Waals surface area contributed by atoms with Crippen molar-refractivity contribution in [1.82, 2.24) is 14.7 Å². The molecule has 1 aliphatic rings. The van der Waals surface area contributed by atoms with Gasteiger partial charge in [-0.25, -0.2) is 4.68 Å². The first-order valence-corrected chi connectivity index (χ1v) is 9.77. The second kappa shape index (κ2) is 7.50. The minimum atomic E-state index is 0.00789. The summed E-state index contributed by atoms with van der Waals surface area (Å²) in [7, 11) is 0. The van der Waals surface area contributed by atoms with Crippen molar-refractivity contribution in [2.45, 2.75) is 26.8 Å².